The van der Waals surface area contributed by atoms with E-state index in [2.05, 4.69) is 10.3 Å². The maximum Gasteiger partial charge on any atom is 0.261 e. The molecule has 8 heteroatoms. The SMILES string of the molecule is O=C(N[C@H]1CCS(=O)(=O)C1)c1ccc(-c2ccco2)[nH]c1=O. The van der Waals surface area contributed by atoms with Crippen molar-refractivity contribution in [1.29, 1.82) is 0 Å². The summed E-state index contributed by atoms with van der Waals surface area (Å²) in [7, 11) is -3.08. The fourth-order valence-corrected chi connectivity index (χ4v) is 4.07. The molecule has 1 aliphatic heterocycles. The molecule has 22 heavy (non-hydrogen) atoms. The second kappa shape index (κ2) is 5.45. The van der Waals surface area contributed by atoms with Gasteiger partial charge in [0.15, 0.2) is 9.84 Å². The molecular weight excluding hydrogens is 308 g/mol. The molecule has 0 spiro atoms. The van der Waals surface area contributed by atoms with Crippen LogP contribution in [-0.4, -0.2) is 36.9 Å². The molecule has 1 fully saturated rings. The van der Waals surface area contributed by atoms with Crippen LogP contribution in [0.2, 0.25) is 0 Å². The first-order chi connectivity index (χ1) is 10.4. The van der Waals surface area contributed by atoms with E-state index < -0.39 is 27.3 Å². The molecule has 0 unspecified atom stereocenters. The summed E-state index contributed by atoms with van der Waals surface area (Å²) in [6.07, 6.45) is 1.85. The van der Waals surface area contributed by atoms with E-state index in [1.807, 2.05) is 0 Å². The van der Waals surface area contributed by atoms with Gasteiger partial charge in [0.2, 0.25) is 0 Å². The van der Waals surface area contributed by atoms with Crippen LogP contribution in [0.1, 0.15) is 16.8 Å². The number of pyridine rings is 1. The summed E-state index contributed by atoms with van der Waals surface area (Å²) in [5.74, 6) is -0.104. The molecule has 2 aromatic rings. The Morgan fingerprint density at radius 3 is 2.73 bits per heavy atom. The topological polar surface area (TPSA) is 109 Å². The van der Waals surface area contributed by atoms with Crippen LogP contribution in [0.3, 0.4) is 0 Å². The Morgan fingerprint density at radius 2 is 2.14 bits per heavy atom. The quantitative estimate of drug-likeness (QED) is 0.858. The Kier molecular flexibility index (Phi) is 3.61. The molecule has 1 aliphatic rings. The minimum Gasteiger partial charge on any atom is -0.463 e. The molecule has 1 amide bonds. The van der Waals surface area contributed by atoms with Gasteiger partial charge in [-0.3, -0.25) is 9.59 Å². The van der Waals surface area contributed by atoms with Gasteiger partial charge in [-0.1, -0.05) is 0 Å². The molecule has 0 saturated carbocycles. The summed E-state index contributed by atoms with van der Waals surface area (Å²) in [4.78, 5) is 26.7. The molecule has 2 aromatic heterocycles. The Hall–Kier alpha value is -2.35. The lowest BCUT2D eigenvalue weighted by Gasteiger charge is -2.10. The fourth-order valence-electron chi connectivity index (χ4n) is 2.40. The van der Waals surface area contributed by atoms with E-state index in [0.29, 0.717) is 17.9 Å². The molecular formula is C14H14N2O5S. The fraction of sp³-hybridized carbons (Fsp3) is 0.286. The van der Waals surface area contributed by atoms with E-state index in [1.54, 1.807) is 18.2 Å². The number of hydrogen-bond donors (Lipinski definition) is 2. The van der Waals surface area contributed by atoms with E-state index in [1.165, 1.54) is 12.3 Å². The normalized spacial score (nSPS) is 19.9. The lowest BCUT2D eigenvalue weighted by atomic mass is 10.2. The van der Waals surface area contributed by atoms with E-state index in [-0.39, 0.29) is 17.1 Å². The Bertz CT molecular complexity index is 852. The van der Waals surface area contributed by atoms with Crippen LogP contribution in [-0.2, 0) is 9.84 Å². The van der Waals surface area contributed by atoms with Crippen molar-refractivity contribution in [2.24, 2.45) is 0 Å². The van der Waals surface area contributed by atoms with Crippen molar-refractivity contribution in [1.82, 2.24) is 10.3 Å². The van der Waals surface area contributed by atoms with Gasteiger partial charge in [0, 0.05) is 6.04 Å². The van der Waals surface area contributed by atoms with Crippen molar-refractivity contribution in [2.75, 3.05) is 11.5 Å². The third-order valence-electron chi connectivity index (χ3n) is 3.51. The average Bonchev–Trinajstić information content (AvgIpc) is 3.08. The summed E-state index contributed by atoms with van der Waals surface area (Å²) < 4.78 is 27.9. The van der Waals surface area contributed by atoms with Crippen LogP contribution in [0.25, 0.3) is 11.5 Å². The molecule has 0 radical (unpaired) electrons. The number of carbonyl (C=O) groups is 1. The van der Waals surface area contributed by atoms with Crippen LogP contribution in [0.4, 0.5) is 0 Å². The van der Waals surface area contributed by atoms with Crippen molar-refractivity contribution in [2.45, 2.75) is 12.5 Å². The number of hydrogen-bond acceptors (Lipinski definition) is 5. The van der Waals surface area contributed by atoms with Gasteiger partial charge in [-0.2, -0.15) is 0 Å². The van der Waals surface area contributed by atoms with Crippen molar-refractivity contribution in [3.05, 3.63) is 46.4 Å². The highest BCUT2D eigenvalue weighted by Gasteiger charge is 2.29. The largest absolute Gasteiger partial charge is 0.463 e. The molecule has 3 rings (SSSR count). The molecule has 0 aliphatic carbocycles. The van der Waals surface area contributed by atoms with Gasteiger partial charge < -0.3 is 14.7 Å². The zero-order valence-corrected chi connectivity index (χ0v) is 12.4. The Morgan fingerprint density at radius 1 is 1.32 bits per heavy atom. The molecule has 0 bridgehead atoms. The maximum absolute atomic E-state index is 12.1. The van der Waals surface area contributed by atoms with E-state index >= 15 is 0 Å². The van der Waals surface area contributed by atoms with Crippen molar-refractivity contribution in [3.63, 3.8) is 0 Å². The summed E-state index contributed by atoms with van der Waals surface area (Å²) in [5.41, 5.74) is -0.137. The monoisotopic (exact) mass is 322 g/mol. The summed E-state index contributed by atoms with van der Waals surface area (Å²) >= 11 is 0. The van der Waals surface area contributed by atoms with Gasteiger partial charge in [0.05, 0.1) is 23.5 Å². The van der Waals surface area contributed by atoms with Crippen LogP contribution in [0.15, 0.2) is 39.7 Å². The highest BCUT2D eigenvalue weighted by atomic mass is 32.2. The first kappa shape index (κ1) is 14.6. The standard InChI is InChI=1S/C14H14N2O5S/c17-13(15-9-5-7-22(19,20)8-9)10-3-4-11(16-14(10)18)12-2-1-6-21-12/h1-4,6,9H,5,7-8H2,(H,15,17)(H,16,18)/t9-/m0/s1. The van der Waals surface area contributed by atoms with Gasteiger partial charge >= 0.3 is 0 Å². The molecule has 116 valence electrons. The van der Waals surface area contributed by atoms with Gasteiger partial charge in [-0.15, -0.1) is 0 Å². The Balaban J connectivity index is 1.78. The first-order valence-electron chi connectivity index (χ1n) is 6.73. The first-order valence-corrected chi connectivity index (χ1v) is 8.55. The van der Waals surface area contributed by atoms with E-state index in [0.717, 1.165) is 0 Å². The lowest BCUT2D eigenvalue weighted by molar-refractivity contribution is 0.0939. The van der Waals surface area contributed by atoms with Gasteiger partial charge in [0.1, 0.15) is 11.3 Å². The van der Waals surface area contributed by atoms with Crippen LogP contribution in [0, 0.1) is 0 Å². The summed E-state index contributed by atoms with van der Waals surface area (Å²) in [5, 5.41) is 2.58. The van der Waals surface area contributed by atoms with Gasteiger partial charge in [-0.05, 0) is 30.7 Å². The predicted octanol–water partition coefficient (Wildman–Crippen LogP) is 0.552. The van der Waals surface area contributed by atoms with Crippen LogP contribution in [0.5, 0.6) is 0 Å². The zero-order chi connectivity index (χ0) is 15.7. The number of aromatic nitrogens is 1. The summed E-state index contributed by atoms with van der Waals surface area (Å²) in [6, 6.07) is 5.90. The van der Waals surface area contributed by atoms with Gasteiger partial charge in [0.25, 0.3) is 11.5 Å². The number of nitrogens with one attached hydrogen (secondary N) is 2. The maximum atomic E-state index is 12.1. The zero-order valence-electron chi connectivity index (χ0n) is 11.5. The molecule has 0 aromatic carbocycles. The minimum atomic E-state index is -3.08. The lowest BCUT2D eigenvalue weighted by Crippen LogP contribution is -2.38. The summed E-state index contributed by atoms with van der Waals surface area (Å²) in [6.45, 7) is 0. The Labute approximate surface area is 126 Å². The number of carbonyl (C=O) groups excluding carboxylic acids is 1. The molecule has 7 nitrogen and oxygen atoms in total. The molecule has 3 heterocycles. The highest BCUT2D eigenvalue weighted by Crippen LogP contribution is 2.16. The minimum absolute atomic E-state index is 0.0559. The number of H-pyrrole nitrogens is 1. The molecule has 2 N–H and O–H groups in total. The number of amides is 1. The van der Waals surface area contributed by atoms with Gasteiger partial charge in [-0.25, -0.2) is 8.42 Å². The number of aromatic amines is 1. The second-order valence-corrected chi connectivity index (χ2v) is 7.39. The highest BCUT2D eigenvalue weighted by molar-refractivity contribution is 7.91. The number of rotatable bonds is 3. The predicted molar refractivity (Wildman–Crippen MR) is 79.3 cm³/mol. The molecule has 1 atom stereocenters. The molecule has 1 saturated heterocycles. The van der Waals surface area contributed by atoms with E-state index in [4.69, 9.17) is 4.42 Å². The van der Waals surface area contributed by atoms with Crippen molar-refractivity contribution in [3.8, 4) is 11.5 Å². The second-order valence-electron chi connectivity index (χ2n) is 5.17. The number of sulfone groups is 1. The van der Waals surface area contributed by atoms with Crippen molar-refractivity contribution >= 4 is 15.7 Å². The third-order valence-corrected chi connectivity index (χ3v) is 5.28. The smallest absolute Gasteiger partial charge is 0.261 e. The van der Waals surface area contributed by atoms with E-state index in [9.17, 15) is 18.0 Å². The van der Waals surface area contributed by atoms with Crippen LogP contribution < -0.4 is 10.9 Å². The third kappa shape index (κ3) is 2.96. The van der Waals surface area contributed by atoms with Crippen LogP contribution >= 0.6 is 0 Å². The number of furan rings is 1. The average molecular weight is 322 g/mol. The van der Waals surface area contributed by atoms with Crippen molar-refractivity contribution < 1.29 is 17.6 Å².